The lowest BCUT2D eigenvalue weighted by molar-refractivity contribution is -0.120. The fourth-order valence-electron chi connectivity index (χ4n) is 6.42. The number of hydrogen-bond donors (Lipinski definition) is 1. The van der Waals surface area contributed by atoms with Crippen molar-refractivity contribution in [3.63, 3.8) is 0 Å². The van der Waals surface area contributed by atoms with E-state index < -0.39 is 0 Å². The summed E-state index contributed by atoms with van der Waals surface area (Å²) in [5.74, 6) is 1.16. The van der Waals surface area contributed by atoms with Gasteiger partial charge in [-0.15, -0.1) is 0 Å². The summed E-state index contributed by atoms with van der Waals surface area (Å²) in [5, 5.41) is 3.25. The highest BCUT2D eigenvalue weighted by Crippen LogP contribution is 2.40. The summed E-state index contributed by atoms with van der Waals surface area (Å²) < 4.78 is 1.97. The standard InChI is InChI=1S/C24H36N4O2/c1-26-11-9-20(10-12-26)27-14-17-13-19(16-27)23-21(7-8-22(29)28(23)15-17)25-24(30)18-5-3-2-4-6-18/h7-8,17-20H,2-6,9-16H2,1H3,(H,25,30). The van der Waals surface area contributed by atoms with E-state index in [1.54, 1.807) is 6.07 Å². The number of piperidine rings is 2. The number of fused-ring (bicyclic) bond motifs is 4. The van der Waals surface area contributed by atoms with Crippen molar-refractivity contribution in [1.82, 2.24) is 14.4 Å². The van der Waals surface area contributed by atoms with Crippen LogP contribution in [-0.4, -0.2) is 59.5 Å². The number of rotatable bonds is 3. The first-order valence-electron chi connectivity index (χ1n) is 12.1. The van der Waals surface area contributed by atoms with E-state index in [1.807, 2.05) is 10.6 Å². The summed E-state index contributed by atoms with van der Waals surface area (Å²) in [4.78, 5) is 30.7. The number of pyridine rings is 1. The number of nitrogens with zero attached hydrogens (tertiary/aromatic N) is 3. The Hall–Kier alpha value is -1.66. The summed E-state index contributed by atoms with van der Waals surface area (Å²) in [6.07, 6.45) is 9.16. The van der Waals surface area contributed by atoms with Crippen LogP contribution in [-0.2, 0) is 11.3 Å². The molecule has 30 heavy (non-hydrogen) atoms. The molecule has 2 bridgehead atoms. The van der Waals surface area contributed by atoms with Crippen molar-refractivity contribution < 1.29 is 4.79 Å². The average molecular weight is 413 g/mol. The summed E-state index contributed by atoms with van der Waals surface area (Å²) in [5.41, 5.74) is 2.06. The van der Waals surface area contributed by atoms with Crippen LogP contribution in [0.1, 0.15) is 63.0 Å². The third kappa shape index (κ3) is 3.96. The average Bonchev–Trinajstić information content (AvgIpc) is 2.76. The molecule has 3 aliphatic heterocycles. The van der Waals surface area contributed by atoms with Crippen LogP contribution in [0.3, 0.4) is 0 Å². The molecule has 2 unspecified atom stereocenters. The van der Waals surface area contributed by atoms with E-state index >= 15 is 0 Å². The molecule has 1 amide bonds. The van der Waals surface area contributed by atoms with E-state index in [9.17, 15) is 9.59 Å². The lowest BCUT2D eigenvalue weighted by Gasteiger charge is -2.47. The van der Waals surface area contributed by atoms with E-state index in [-0.39, 0.29) is 17.4 Å². The van der Waals surface area contributed by atoms with Gasteiger partial charge < -0.3 is 14.8 Å². The van der Waals surface area contributed by atoms with Crippen molar-refractivity contribution in [3.05, 3.63) is 28.2 Å². The van der Waals surface area contributed by atoms with E-state index in [4.69, 9.17) is 0 Å². The van der Waals surface area contributed by atoms with Gasteiger partial charge in [0, 0.05) is 49.3 Å². The van der Waals surface area contributed by atoms with Gasteiger partial charge in [0.05, 0.1) is 5.69 Å². The molecule has 3 fully saturated rings. The van der Waals surface area contributed by atoms with Gasteiger partial charge in [0.25, 0.3) is 5.56 Å². The van der Waals surface area contributed by atoms with E-state index in [0.717, 1.165) is 63.1 Å². The number of carbonyl (C=O) groups excluding carboxylic acids is 1. The van der Waals surface area contributed by atoms with Crippen molar-refractivity contribution in [2.24, 2.45) is 11.8 Å². The molecule has 2 saturated heterocycles. The molecule has 1 saturated carbocycles. The minimum atomic E-state index is 0.0862. The third-order valence-electron chi connectivity index (χ3n) is 8.06. The Bertz CT molecular complexity index is 836. The van der Waals surface area contributed by atoms with Crippen molar-refractivity contribution in [1.29, 1.82) is 0 Å². The van der Waals surface area contributed by atoms with Crippen molar-refractivity contribution in [2.75, 3.05) is 38.5 Å². The lowest BCUT2D eigenvalue weighted by atomic mass is 9.81. The molecule has 1 aromatic rings. The van der Waals surface area contributed by atoms with Crippen molar-refractivity contribution in [2.45, 2.75) is 69.9 Å². The van der Waals surface area contributed by atoms with Crippen molar-refractivity contribution >= 4 is 11.6 Å². The molecule has 164 valence electrons. The van der Waals surface area contributed by atoms with Gasteiger partial charge in [0.1, 0.15) is 0 Å². The molecule has 6 nitrogen and oxygen atoms in total. The molecule has 0 aromatic carbocycles. The molecule has 5 rings (SSSR count). The summed E-state index contributed by atoms with van der Waals surface area (Å²) >= 11 is 0. The van der Waals surface area contributed by atoms with E-state index in [2.05, 4.69) is 22.2 Å². The van der Waals surface area contributed by atoms with Crippen LogP contribution in [0.4, 0.5) is 5.69 Å². The summed E-state index contributed by atoms with van der Waals surface area (Å²) in [6, 6.07) is 4.17. The molecule has 0 radical (unpaired) electrons. The maximum atomic E-state index is 12.9. The smallest absolute Gasteiger partial charge is 0.250 e. The largest absolute Gasteiger partial charge is 0.324 e. The van der Waals surface area contributed by atoms with Crippen molar-refractivity contribution in [3.8, 4) is 0 Å². The molecule has 4 aliphatic rings. The monoisotopic (exact) mass is 412 g/mol. The zero-order valence-electron chi connectivity index (χ0n) is 18.3. The number of likely N-dealkylation sites (tertiary alicyclic amines) is 2. The normalized spacial score (nSPS) is 28.8. The van der Waals surface area contributed by atoms with Crippen LogP contribution in [0.2, 0.25) is 0 Å². The topological polar surface area (TPSA) is 57.6 Å². The number of hydrogen-bond acceptors (Lipinski definition) is 4. The predicted octanol–water partition coefficient (Wildman–Crippen LogP) is 2.88. The molecule has 1 aromatic heterocycles. The highest BCUT2D eigenvalue weighted by Gasteiger charge is 2.39. The number of aromatic nitrogens is 1. The predicted molar refractivity (Wildman–Crippen MR) is 119 cm³/mol. The summed E-state index contributed by atoms with van der Waals surface area (Å²) in [6.45, 7) is 5.27. The van der Waals surface area contributed by atoms with Crippen LogP contribution in [0.15, 0.2) is 16.9 Å². The first kappa shape index (κ1) is 20.3. The van der Waals surface area contributed by atoms with Gasteiger partial charge in [-0.25, -0.2) is 0 Å². The second kappa shape index (κ2) is 8.46. The molecule has 0 spiro atoms. The fraction of sp³-hybridized carbons (Fsp3) is 0.750. The number of anilines is 1. The van der Waals surface area contributed by atoms with Crippen LogP contribution in [0.5, 0.6) is 0 Å². The van der Waals surface area contributed by atoms with Crippen LogP contribution in [0, 0.1) is 11.8 Å². The quantitative estimate of drug-likeness (QED) is 0.829. The van der Waals surface area contributed by atoms with Gasteiger partial charge >= 0.3 is 0 Å². The highest BCUT2D eigenvalue weighted by molar-refractivity contribution is 5.93. The SMILES string of the molecule is CN1CCC(N2CC3CC(C2)c2c(NC(=O)C4CCCCC4)ccc(=O)n2C3)CC1. The Kier molecular flexibility index (Phi) is 5.71. The molecule has 2 atom stereocenters. The van der Waals surface area contributed by atoms with Gasteiger partial charge in [-0.3, -0.25) is 14.5 Å². The number of nitrogens with one attached hydrogen (secondary N) is 1. The van der Waals surface area contributed by atoms with Crippen LogP contribution in [0.25, 0.3) is 0 Å². The Labute approximate surface area is 179 Å². The zero-order valence-corrected chi connectivity index (χ0v) is 18.3. The fourth-order valence-corrected chi connectivity index (χ4v) is 6.42. The lowest BCUT2D eigenvalue weighted by Crippen LogP contribution is -2.53. The van der Waals surface area contributed by atoms with Gasteiger partial charge in [-0.2, -0.15) is 0 Å². The molecular formula is C24H36N4O2. The maximum Gasteiger partial charge on any atom is 0.250 e. The molecule has 1 aliphatic carbocycles. The second-order valence-electron chi connectivity index (χ2n) is 10.2. The summed E-state index contributed by atoms with van der Waals surface area (Å²) in [7, 11) is 2.21. The number of carbonyl (C=O) groups is 1. The minimum absolute atomic E-state index is 0.0862. The number of amides is 1. The molecule has 6 heteroatoms. The Morgan fingerprint density at radius 3 is 2.53 bits per heavy atom. The Morgan fingerprint density at radius 2 is 1.77 bits per heavy atom. The van der Waals surface area contributed by atoms with Gasteiger partial charge in [-0.1, -0.05) is 19.3 Å². The van der Waals surface area contributed by atoms with Gasteiger partial charge in [-0.05, 0) is 64.2 Å². The molecule has 1 N–H and O–H groups in total. The van der Waals surface area contributed by atoms with E-state index in [1.165, 1.54) is 32.4 Å². The Balaban J connectivity index is 1.38. The van der Waals surface area contributed by atoms with E-state index in [0.29, 0.717) is 17.9 Å². The Morgan fingerprint density at radius 1 is 1.00 bits per heavy atom. The minimum Gasteiger partial charge on any atom is -0.324 e. The van der Waals surface area contributed by atoms with Crippen LogP contribution < -0.4 is 10.9 Å². The first-order valence-corrected chi connectivity index (χ1v) is 12.1. The van der Waals surface area contributed by atoms with Gasteiger partial charge in [0.15, 0.2) is 0 Å². The first-order chi connectivity index (χ1) is 14.6. The second-order valence-corrected chi connectivity index (χ2v) is 10.2. The zero-order chi connectivity index (χ0) is 20.7. The molecule has 4 heterocycles. The maximum absolute atomic E-state index is 12.9. The molecular weight excluding hydrogens is 376 g/mol. The third-order valence-corrected chi connectivity index (χ3v) is 8.06. The van der Waals surface area contributed by atoms with Crippen LogP contribution >= 0.6 is 0 Å². The highest BCUT2D eigenvalue weighted by atomic mass is 16.2. The van der Waals surface area contributed by atoms with Gasteiger partial charge in [0.2, 0.25) is 5.91 Å².